The Kier molecular flexibility index (Phi) is 5.16. The van der Waals surface area contributed by atoms with Crippen LogP contribution in [-0.2, 0) is 4.79 Å². The zero-order valence-electron chi connectivity index (χ0n) is 10.4. The van der Waals surface area contributed by atoms with Crippen molar-refractivity contribution in [3.05, 3.63) is 34.3 Å². The van der Waals surface area contributed by atoms with Crippen LogP contribution in [0.2, 0.25) is 5.02 Å². The highest BCUT2D eigenvalue weighted by molar-refractivity contribution is 6.31. The van der Waals surface area contributed by atoms with E-state index in [4.69, 9.17) is 16.7 Å². The molecule has 0 aliphatic heterocycles. The number of carbonyl (C=O) groups is 2. The number of carbonyl (C=O) groups excluding carboxylic acids is 1. The Hall–Kier alpha value is -1.55. The van der Waals surface area contributed by atoms with Crippen LogP contribution in [0.25, 0.3) is 0 Å². The average Bonchev–Trinajstić information content (AvgIpc) is 2.30. The van der Waals surface area contributed by atoms with Crippen LogP contribution in [0.4, 0.5) is 0 Å². The highest BCUT2D eigenvalue weighted by atomic mass is 35.5. The van der Waals surface area contributed by atoms with Crippen molar-refractivity contribution in [2.24, 2.45) is 0 Å². The second-order valence-electron chi connectivity index (χ2n) is 4.27. The zero-order chi connectivity index (χ0) is 13.7. The van der Waals surface area contributed by atoms with Crippen LogP contribution in [0, 0.1) is 6.92 Å². The number of amides is 1. The van der Waals surface area contributed by atoms with Crippen molar-refractivity contribution in [3.8, 4) is 0 Å². The van der Waals surface area contributed by atoms with Gasteiger partial charge in [0.25, 0.3) is 5.91 Å². The molecule has 98 valence electrons. The van der Waals surface area contributed by atoms with E-state index in [1.54, 1.807) is 25.1 Å². The van der Waals surface area contributed by atoms with Gasteiger partial charge in [-0.15, -0.1) is 0 Å². The van der Waals surface area contributed by atoms with E-state index in [9.17, 15) is 9.59 Å². The number of aliphatic carboxylic acids is 1. The molecule has 1 rings (SSSR count). The summed E-state index contributed by atoms with van der Waals surface area (Å²) in [6.45, 7) is 3.64. The maximum atomic E-state index is 11.8. The second-order valence-corrected chi connectivity index (χ2v) is 4.68. The first-order valence-corrected chi connectivity index (χ1v) is 6.06. The number of rotatable bonds is 5. The highest BCUT2D eigenvalue weighted by Crippen LogP contribution is 2.16. The molecule has 0 unspecified atom stereocenters. The molecule has 1 aromatic carbocycles. The molecule has 18 heavy (non-hydrogen) atoms. The average molecular weight is 270 g/mol. The van der Waals surface area contributed by atoms with E-state index in [-0.39, 0.29) is 18.4 Å². The molecular weight excluding hydrogens is 254 g/mol. The van der Waals surface area contributed by atoms with E-state index in [0.717, 1.165) is 5.56 Å². The number of halogens is 1. The molecule has 0 aromatic heterocycles. The molecule has 1 aromatic rings. The Bertz CT molecular complexity index is 460. The third kappa shape index (κ3) is 4.37. The Morgan fingerprint density at radius 1 is 1.44 bits per heavy atom. The lowest BCUT2D eigenvalue weighted by Gasteiger charge is -2.13. The predicted molar refractivity (Wildman–Crippen MR) is 70.0 cm³/mol. The van der Waals surface area contributed by atoms with Crippen molar-refractivity contribution in [2.45, 2.75) is 32.7 Å². The van der Waals surface area contributed by atoms with Gasteiger partial charge in [-0.25, -0.2) is 0 Å². The van der Waals surface area contributed by atoms with Gasteiger partial charge >= 0.3 is 5.97 Å². The van der Waals surface area contributed by atoms with Gasteiger partial charge in [0, 0.05) is 23.0 Å². The van der Waals surface area contributed by atoms with Crippen LogP contribution in [-0.4, -0.2) is 23.0 Å². The molecule has 4 nitrogen and oxygen atoms in total. The Morgan fingerprint density at radius 2 is 2.11 bits per heavy atom. The van der Waals surface area contributed by atoms with Gasteiger partial charge in [-0.1, -0.05) is 17.7 Å². The fraction of sp³-hybridized carbons (Fsp3) is 0.385. The molecule has 0 aliphatic rings. The molecule has 0 saturated carbocycles. The van der Waals surface area contributed by atoms with Gasteiger partial charge in [-0.05, 0) is 38.0 Å². The van der Waals surface area contributed by atoms with Gasteiger partial charge in [0.2, 0.25) is 0 Å². The second kappa shape index (κ2) is 6.40. The van der Waals surface area contributed by atoms with E-state index >= 15 is 0 Å². The fourth-order valence-electron chi connectivity index (χ4n) is 1.45. The summed E-state index contributed by atoms with van der Waals surface area (Å²) in [6, 6.07) is 4.89. The molecular formula is C13H16ClNO3. The molecule has 0 heterocycles. The molecule has 5 heteroatoms. The van der Waals surface area contributed by atoms with Crippen molar-refractivity contribution >= 4 is 23.5 Å². The van der Waals surface area contributed by atoms with Crippen molar-refractivity contribution < 1.29 is 14.7 Å². The third-order valence-electron chi connectivity index (χ3n) is 2.60. The summed E-state index contributed by atoms with van der Waals surface area (Å²) in [5, 5.41) is 11.8. The van der Waals surface area contributed by atoms with Gasteiger partial charge in [-0.2, -0.15) is 0 Å². The van der Waals surface area contributed by atoms with Crippen molar-refractivity contribution in [2.75, 3.05) is 0 Å². The Balaban J connectivity index is 2.59. The number of nitrogens with one attached hydrogen (secondary N) is 1. The van der Waals surface area contributed by atoms with Crippen LogP contribution in [0.3, 0.4) is 0 Å². The SMILES string of the molecule is Cc1ccc(C(=O)N[C@H](C)CCC(=O)O)cc1Cl. The normalized spacial score (nSPS) is 11.9. The lowest BCUT2D eigenvalue weighted by atomic mass is 10.1. The van der Waals surface area contributed by atoms with Crippen LogP contribution < -0.4 is 5.32 Å². The molecule has 0 saturated heterocycles. The molecule has 0 radical (unpaired) electrons. The number of hydrogen-bond acceptors (Lipinski definition) is 2. The zero-order valence-corrected chi connectivity index (χ0v) is 11.1. The monoisotopic (exact) mass is 269 g/mol. The Labute approximate surface area is 111 Å². The topological polar surface area (TPSA) is 66.4 Å². The van der Waals surface area contributed by atoms with Crippen LogP contribution >= 0.6 is 11.6 Å². The van der Waals surface area contributed by atoms with Gasteiger partial charge in [0.1, 0.15) is 0 Å². The van der Waals surface area contributed by atoms with Gasteiger partial charge in [0.15, 0.2) is 0 Å². The number of hydrogen-bond donors (Lipinski definition) is 2. The summed E-state index contributed by atoms with van der Waals surface area (Å²) in [6.07, 6.45) is 0.441. The van der Waals surface area contributed by atoms with Crippen LogP contribution in [0.1, 0.15) is 35.7 Å². The van der Waals surface area contributed by atoms with Crippen molar-refractivity contribution in [1.29, 1.82) is 0 Å². The summed E-state index contributed by atoms with van der Waals surface area (Å²) >= 11 is 5.94. The number of carboxylic acids is 1. The highest BCUT2D eigenvalue weighted by Gasteiger charge is 2.11. The van der Waals surface area contributed by atoms with Gasteiger partial charge in [0.05, 0.1) is 0 Å². The Morgan fingerprint density at radius 3 is 2.67 bits per heavy atom. The predicted octanol–water partition coefficient (Wildman–Crippen LogP) is 2.63. The lowest BCUT2D eigenvalue weighted by Crippen LogP contribution is -2.32. The van der Waals surface area contributed by atoms with Gasteiger partial charge < -0.3 is 10.4 Å². The lowest BCUT2D eigenvalue weighted by molar-refractivity contribution is -0.137. The molecule has 2 N–H and O–H groups in total. The minimum absolute atomic E-state index is 0.0378. The minimum Gasteiger partial charge on any atom is -0.481 e. The van der Waals surface area contributed by atoms with E-state index in [2.05, 4.69) is 5.32 Å². The molecule has 0 fully saturated rings. The first-order valence-electron chi connectivity index (χ1n) is 5.69. The first kappa shape index (κ1) is 14.5. The maximum Gasteiger partial charge on any atom is 0.303 e. The third-order valence-corrected chi connectivity index (χ3v) is 3.01. The quantitative estimate of drug-likeness (QED) is 0.863. The first-order chi connectivity index (χ1) is 8.40. The maximum absolute atomic E-state index is 11.8. The van der Waals surface area contributed by atoms with Gasteiger partial charge in [-0.3, -0.25) is 9.59 Å². The van der Waals surface area contributed by atoms with E-state index in [1.807, 2.05) is 6.92 Å². The summed E-state index contributed by atoms with van der Waals surface area (Å²) in [5.41, 5.74) is 1.39. The fourth-order valence-corrected chi connectivity index (χ4v) is 1.63. The smallest absolute Gasteiger partial charge is 0.303 e. The van der Waals surface area contributed by atoms with E-state index in [1.165, 1.54) is 0 Å². The van der Waals surface area contributed by atoms with Crippen LogP contribution in [0.5, 0.6) is 0 Å². The molecule has 1 amide bonds. The largest absolute Gasteiger partial charge is 0.481 e. The summed E-state index contributed by atoms with van der Waals surface area (Å²) < 4.78 is 0. The molecule has 1 atom stereocenters. The molecule has 0 spiro atoms. The number of carboxylic acid groups (broad SMARTS) is 1. The van der Waals surface area contributed by atoms with Crippen molar-refractivity contribution in [3.63, 3.8) is 0 Å². The summed E-state index contributed by atoms with van der Waals surface area (Å²) in [4.78, 5) is 22.3. The van der Waals surface area contributed by atoms with Crippen molar-refractivity contribution in [1.82, 2.24) is 5.32 Å². The minimum atomic E-state index is -0.866. The molecule has 0 aliphatic carbocycles. The summed E-state index contributed by atoms with van der Waals surface area (Å²) in [5.74, 6) is -1.11. The van der Waals surface area contributed by atoms with Crippen LogP contribution in [0.15, 0.2) is 18.2 Å². The van der Waals surface area contributed by atoms with E-state index in [0.29, 0.717) is 17.0 Å². The van der Waals surface area contributed by atoms with E-state index < -0.39 is 5.97 Å². The number of aryl methyl sites for hydroxylation is 1. The number of benzene rings is 1. The summed E-state index contributed by atoms with van der Waals surface area (Å²) in [7, 11) is 0. The molecule has 0 bridgehead atoms. The standard InChI is InChI=1S/C13H16ClNO3/c1-8-3-5-10(7-11(8)14)13(18)15-9(2)4-6-12(16)17/h3,5,7,9H,4,6H2,1-2H3,(H,15,18)(H,16,17)/t9-/m1/s1.